The molecule has 0 amide bonds. The highest BCUT2D eigenvalue weighted by molar-refractivity contribution is 4.90. The van der Waals surface area contributed by atoms with E-state index in [0.29, 0.717) is 10.8 Å². The Balaban J connectivity index is 2.18. The molecular formula is C13H28N2O. The zero-order valence-electron chi connectivity index (χ0n) is 11.1. The number of methoxy groups -OCH3 is 1. The third-order valence-electron chi connectivity index (χ3n) is 3.93. The molecule has 16 heavy (non-hydrogen) atoms. The molecule has 0 aliphatic heterocycles. The highest BCUT2D eigenvalue weighted by Gasteiger charge is 2.35. The van der Waals surface area contributed by atoms with Gasteiger partial charge < -0.3 is 15.8 Å². The van der Waals surface area contributed by atoms with Gasteiger partial charge in [-0.1, -0.05) is 20.3 Å². The quantitative estimate of drug-likeness (QED) is 0.665. The number of hydrogen-bond donors (Lipinski definition) is 2. The number of nitrogens with one attached hydrogen (secondary N) is 1. The molecule has 1 fully saturated rings. The smallest absolute Gasteiger partial charge is 0.0467 e. The van der Waals surface area contributed by atoms with Crippen LogP contribution in [-0.4, -0.2) is 33.4 Å². The average Bonchev–Trinajstić information content (AvgIpc) is 2.19. The molecular weight excluding hydrogens is 200 g/mol. The first-order chi connectivity index (χ1) is 7.54. The van der Waals surface area contributed by atoms with E-state index in [9.17, 15) is 0 Å². The molecule has 0 unspecified atom stereocenters. The van der Waals surface area contributed by atoms with E-state index in [4.69, 9.17) is 10.5 Å². The molecule has 1 rings (SSSR count). The Bertz CT molecular complexity index is 195. The van der Waals surface area contributed by atoms with Gasteiger partial charge in [-0.05, 0) is 36.6 Å². The molecule has 0 radical (unpaired) electrons. The molecule has 3 nitrogen and oxygen atoms in total. The van der Waals surface area contributed by atoms with E-state index in [1.54, 1.807) is 7.11 Å². The van der Waals surface area contributed by atoms with Gasteiger partial charge in [0.2, 0.25) is 0 Å². The fraction of sp³-hybridized carbons (Fsp3) is 1.00. The van der Waals surface area contributed by atoms with Gasteiger partial charge in [-0.2, -0.15) is 0 Å². The van der Waals surface area contributed by atoms with Crippen molar-refractivity contribution >= 4 is 0 Å². The molecule has 0 atom stereocenters. The zero-order valence-corrected chi connectivity index (χ0v) is 11.1. The van der Waals surface area contributed by atoms with Crippen molar-refractivity contribution in [2.45, 2.75) is 39.5 Å². The molecule has 0 aromatic rings. The second-order valence-electron chi connectivity index (χ2n) is 6.07. The second kappa shape index (κ2) is 5.99. The Hall–Kier alpha value is -0.120. The van der Waals surface area contributed by atoms with Crippen molar-refractivity contribution in [3.63, 3.8) is 0 Å². The highest BCUT2D eigenvalue weighted by Crippen LogP contribution is 2.39. The van der Waals surface area contributed by atoms with Crippen LogP contribution in [-0.2, 0) is 4.74 Å². The van der Waals surface area contributed by atoms with E-state index in [0.717, 1.165) is 32.7 Å². The topological polar surface area (TPSA) is 47.3 Å². The first-order valence-corrected chi connectivity index (χ1v) is 6.43. The molecule has 3 N–H and O–H groups in total. The summed E-state index contributed by atoms with van der Waals surface area (Å²) in [5.41, 5.74) is 6.57. The Kier molecular flexibility index (Phi) is 5.22. The monoisotopic (exact) mass is 228 g/mol. The van der Waals surface area contributed by atoms with Crippen molar-refractivity contribution in [2.24, 2.45) is 16.6 Å². The first-order valence-electron chi connectivity index (χ1n) is 6.43. The lowest BCUT2D eigenvalue weighted by atomic mass is 9.68. The number of hydrogen-bond acceptors (Lipinski definition) is 3. The highest BCUT2D eigenvalue weighted by atomic mass is 16.5. The van der Waals surface area contributed by atoms with E-state index in [1.807, 2.05) is 0 Å². The SMILES string of the molecule is COCCC(C)(C)CNCC1(CN)CCC1. The maximum Gasteiger partial charge on any atom is 0.0467 e. The fourth-order valence-corrected chi connectivity index (χ4v) is 2.26. The van der Waals surface area contributed by atoms with Gasteiger partial charge in [-0.25, -0.2) is 0 Å². The van der Waals surface area contributed by atoms with E-state index < -0.39 is 0 Å². The van der Waals surface area contributed by atoms with Gasteiger partial charge in [-0.3, -0.25) is 0 Å². The van der Waals surface area contributed by atoms with Gasteiger partial charge in [0, 0.05) is 26.8 Å². The predicted molar refractivity (Wildman–Crippen MR) is 68.5 cm³/mol. The van der Waals surface area contributed by atoms with Gasteiger partial charge in [0.1, 0.15) is 0 Å². The molecule has 0 aromatic carbocycles. The molecule has 96 valence electrons. The summed E-state index contributed by atoms with van der Waals surface area (Å²) >= 11 is 0. The van der Waals surface area contributed by atoms with Gasteiger partial charge in [0.15, 0.2) is 0 Å². The molecule has 1 saturated carbocycles. The van der Waals surface area contributed by atoms with Gasteiger partial charge in [0.25, 0.3) is 0 Å². The van der Waals surface area contributed by atoms with Gasteiger partial charge in [-0.15, -0.1) is 0 Å². The van der Waals surface area contributed by atoms with Crippen LogP contribution in [0.25, 0.3) is 0 Å². The van der Waals surface area contributed by atoms with E-state index in [1.165, 1.54) is 19.3 Å². The molecule has 0 aromatic heterocycles. The van der Waals surface area contributed by atoms with E-state index >= 15 is 0 Å². The van der Waals surface area contributed by atoms with Crippen LogP contribution in [0, 0.1) is 10.8 Å². The largest absolute Gasteiger partial charge is 0.385 e. The minimum Gasteiger partial charge on any atom is -0.385 e. The summed E-state index contributed by atoms with van der Waals surface area (Å²) in [6, 6.07) is 0. The zero-order chi connectivity index (χ0) is 12.1. The van der Waals surface area contributed by atoms with Crippen molar-refractivity contribution in [1.29, 1.82) is 0 Å². The minimum absolute atomic E-state index is 0.315. The number of nitrogens with two attached hydrogens (primary N) is 1. The number of ether oxygens (including phenoxy) is 1. The van der Waals surface area contributed by atoms with Crippen LogP contribution in [0.2, 0.25) is 0 Å². The van der Waals surface area contributed by atoms with E-state index in [-0.39, 0.29) is 0 Å². The minimum atomic E-state index is 0.315. The second-order valence-corrected chi connectivity index (χ2v) is 6.07. The lowest BCUT2D eigenvalue weighted by molar-refractivity contribution is 0.123. The Morgan fingerprint density at radius 1 is 1.38 bits per heavy atom. The standard InChI is InChI=1S/C13H28N2O/c1-12(2,7-8-16-3)10-15-11-13(9-14)5-4-6-13/h15H,4-11,14H2,1-3H3. The van der Waals surface area contributed by atoms with Crippen LogP contribution >= 0.6 is 0 Å². The normalized spacial score (nSPS) is 19.5. The van der Waals surface area contributed by atoms with Crippen LogP contribution in [0.5, 0.6) is 0 Å². The summed E-state index contributed by atoms with van der Waals surface area (Å²) in [6.45, 7) is 8.39. The third kappa shape index (κ3) is 4.04. The molecule has 3 heteroatoms. The van der Waals surface area contributed by atoms with Crippen molar-refractivity contribution in [1.82, 2.24) is 5.32 Å². The maximum atomic E-state index is 5.84. The van der Waals surface area contributed by atoms with Crippen LogP contribution in [0.3, 0.4) is 0 Å². The predicted octanol–water partition coefficient (Wildman–Crippen LogP) is 1.77. The summed E-state index contributed by atoms with van der Waals surface area (Å²) in [4.78, 5) is 0. The molecule has 0 saturated heterocycles. The van der Waals surface area contributed by atoms with Crippen LogP contribution in [0.1, 0.15) is 39.5 Å². The van der Waals surface area contributed by atoms with Crippen molar-refractivity contribution in [3.8, 4) is 0 Å². The first kappa shape index (κ1) is 13.9. The van der Waals surface area contributed by atoms with Crippen LogP contribution in [0.4, 0.5) is 0 Å². The summed E-state index contributed by atoms with van der Waals surface area (Å²) in [5.74, 6) is 0. The Morgan fingerprint density at radius 2 is 2.06 bits per heavy atom. The van der Waals surface area contributed by atoms with Crippen molar-refractivity contribution in [3.05, 3.63) is 0 Å². The molecule has 0 spiro atoms. The summed E-state index contributed by atoms with van der Waals surface area (Å²) in [5, 5.41) is 3.59. The van der Waals surface area contributed by atoms with Crippen molar-refractivity contribution < 1.29 is 4.74 Å². The average molecular weight is 228 g/mol. The van der Waals surface area contributed by atoms with Crippen LogP contribution < -0.4 is 11.1 Å². The van der Waals surface area contributed by atoms with Gasteiger partial charge in [0.05, 0.1) is 0 Å². The Morgan fingerprint density at radius 3 is 2.50 bits per heavy atom. The lowest BCUT2D eigenvalue weighted by Gasteiger charge is -2.42. The Labute approximate surface area is 100 Å². The van der Waals surface area contributed by atoms with Gasteiger partial charge >= 0.3 is 0 Å². The molecule has 0 bridgehead atoms. The molecule has 1 aliphatic carbocycles. The summed E-state index contributed by atoms with van der Waals surface area (Å²) in [6.07, 6.45) is 5.06. The van der Waals surface area contributed by atoms with Crippen molar-refractivity contribution in [2.75, 3.05) is 33.4 Å². The number of rotatable bonds is 8. The van der Waals surface area contributed by atoms with E-state index in [2.05, 4.69) is 19.2 Å². The molecule has 0 heterocycles. The fourth-order valence-electron chi connectivity index (χ4n) is 2.26. The van der Waals surface area contributed by atoms with Crippen LogP contribution in [0.15, 0.2) is 0 Å². The maximum absolute atomic E-state index is 5.84. The molecule has 1 aliphatic rings. The third-order valence-corrected chi connectivity index (χ3v) is 3.93. The lowest BCUT2D eigenvalue weighted by Crippen LogP contribution is -2.47. The summed E-state index contributed by atoms with van der Waals surface area (Å²) < 4.78 is 5.13. The summed E-state index contributed by atoms with van der Waals surface area (Å²) in [7, 11) is 1.77.